The minimum Gasteiger partial charge on any atom is -0.481 e. The van der Waals surface area contributed by atoms with Crippen LogP contribution in [0.15, 0.2) is 0 Å². The van der Waals surface area contributed by atoms with Crippen LogP contribution in [-0.2, 0) is 14.3 Å². The maximum Gasteiger partial charge on any atom is 0.313 e. The van der Waals surface area contributed by atoms with Gasteiger partial charge in [0.1, 0.15) is 12.0 Å². The van der Waals surface area contributed by atoms with Crippen LogP contribution in [0.2, 0.25) is 0 Å². The normalized spacial score (nSPS) is 19.4. The van der Waals surface area contributed by atoms with Gasteiger partial charge >= 0.3 is 11.9 Å². The predicted molar refractivity (Wildman–Crippen MR) is 40.6 cm³/mol. The Bertz CT molecular complexity index is 205. The van der Waals surface area contributed by atoms with Crippen molar-refractivity contribution in [2.24, 2.45) is 5.41 Å². The summed E-state index contributed by atoms with van der Waals surface area (Å²) in [7, 11) is 0. The van der Waals surface area contributed by atoms with Crippen molar-refractivity contribution >= 4 is 11.9 Å². The Morgan fingerprint density at radius 2 is 2.08 bits per heavy atom. The molecule has 12 heavy (non-hydrogen) atoms. The maximum atomic E-state index is 10.7. The van der Waals surface area contributed by atoms with Gasteiger partial charge in [0.15, 0.2) is 0 Å². The highest BCUT2D eigenvalue weighted by Crippen LogP contribution is 2.41. The molecule has 1 fully saturated rings. The summed E-state index contributed by atoms with van der Waals surface area (Å²) in [4.78, 5) is 21.2. The van der Waals surface area contributed by atoms with Crippen LogP contribution in [-0.4, -0.2) is 23.7 Å². The van der Waals surface area contributed by atoms with Gasteiger partial charge < -0.3 is 9.84 Å². The zero-order chi connectivity index (χ0) is 9.19. The Balaban J connectivity index is 2.45. The van der Waals surface area contributed by atoms with Crippen molar-refractivity contribution in [3.8, 4) is 0 Å². The molecule has 68 valence electrons. The Kier molecular flexibility index (Phi) is 2.35. The summed E-state index contributed by atoms with van der Waals surface area (Å²) in [6, 6.07) is 0. The standard InChI is InChI=1S/C8H12O4/c1-6(9)12-5-8(7(10)11)3-2-4-8/h2-5H2,1H3,(H,10,11). The summed E-state index contributed by atoms with van der Waals surface area (Å²) < 4.78 is 4.69. The van der Waals surface area contributed by atoms with Crippen LogP contribution in [0.5, 0.6) is 0 Å². The van der Waals surface area contributed by atoms with Crippen molar-refractivity contribution in [3.63, 3.8) is 0 Å². The topological polar surface area (TPSA) is 63.6 Å². The molecule has 0 heterocycles. The number of carbonyl (C=O) groups is 2. The van der Waals surface area contributed by atoms with E-state index in [2.05, 4.69) is 0 Å². The van der Waals surface area contributed by atoms with Crippen molar-refractivity contribution in [2.45, 2.75) is 26.2 Å². The van der Waals surface area contributed by atoms with E-state index < -0.39 is 17.4 Å². The van der Waals surface area contributed by atoms with Crippen LogP contribution in [0.25, 0.3) is 0 Å². The molecule has 0 radical (unpaired) electrons. The number of carbonyl (C=O) groups excluding carboxylic acids is 1. The molecule has 1 N–H and O–H groups in total. The fourth-order valence-electron chi connectivity index (χ4n) is 1.26. The first-order chi connectivity index (χ1) is 5.57. The van der Waals surface area contributed by atoms with Gasteiger partial charge in [0.25, 0.3) is 0 Å². The number of carboxylic acids is 1. The van der Waals surface area contributed by atoms with E-state index in [0.717, 1.165) is 6.42 Å². The number of hydrogen-bond acceptors (Lipinski definition) is 3. The maximum absolute atomic E-state index is 10.7. The summed E-state index contributed by atoms with van der Waals surface area (Å²) in [5.41, 5.74) is -0.772. The molecule has 0 unspecified atom stereocenters. The van der Waals surface area contributed by atoms with Gasteiger partial charge in [0, 0.05) is 6.92 Å². The molecule has 0 atom stereocenters. The van der Waals surface area contributed by atoms with Gasteiger partial charge in [-0.1, -0.05) is 6.42 Å². The first-order valence-electron chi connectivity index (χ1n) is 3.94. The number of rotatable bonds is 3. The minimum absolute atomic E-state index is 0.0255. The average Bonchev–Trinajstić information content (AvgIpc) is 1.83. The predicted octanol–water partition coefficient (Wildman–Crippen LogP) is 0.804. The van der Waals surface area contributed by atoms with E-state index in [-0.39, 0.29) is 6.61 Å². The lowest BCUT2D eigenvalue weighted by molar-refractivity contribution is -0.164. The summed E-state index contributed by atoms with van der Waals surface area (Å²) in [6.45, 7) is 1.31. The zero-order valence-corrected chi connectivity index (χ0v) is 7.00. The van der Waals surface area contributed by atoms with Crippen LogP contribution in [0.3, 0.4) is 0 Å². The lowest BCUT2D eigenvalue weighted by Gasteiger charge is -2.36. The minimum atomic E-state index is -0.852. The second kappa shape index (κ2) is 3.13. The summed E-state index contributed by atoms with van der Waals surface area (Å²) >= 11 is 0. The monoisotopic (exact) mass is 172 g/mol. The van der Waals surface area contributed by atoms with Crippen molar-refractivity contribution in [2.75, 3.05) is 6.61 Å². The largest absolute Gasteiger partial charge is 0.481 e. The van der Waals surface area contributed by atoms with Crippen molar-refractivity contribution in [1.82, 2.24) is 0 Å². The molecule has 1 aliphatic rings. The first-order valence-corrected chi connectivity index (χ1v) is 3.94. The molecular weight excluding hydrogens is 160 g/mol. The second-order valence-corrected chi connectivity index (χ2v) is 3.22. The molecule has 4 nitrogen and oxygen atoms in total. The van der Waals surface area contributed by atoms with Gasteiger partial charge in [-0.3, -0.25) is 9.59 Å². The molecule has 0 aromatic rings. The van der Waals surface area contributed by atoms with E-state index in [0.29, 0.717) is 12.8 Å². The van der Waals surface area contributed by atoms with E-state index in [9.17, 15) is 9.59 Å². The Morgan fingerprint density at radius 1 is 1.50 bits per heavy atom. The van der Waals surface area contributed by atoms with E-state index in [1.807, 2.05) is 0 Å². The average molecular weight is 172 g/mol. The molecule has 4 heteroatoms. The fourth-order valence-corrected chi connectivity index (χ4v) is 1.26. The lowest BCUT2D eigenvalue weighted by Crippen LogP contribution is -2.42. The van der Waals surface area contributed by atoms with Crippen molar-refractivity contribution in [1.29, 1.82) is 0 Å². The number of hydrogen-bond donors (Lipinski definition) is 1. The Labute approximate surface area is 70.5 Å². The smallest absolute Gasteiger partial charge is 0.313 e. The molecule has 0 aromatic heterocycles. The van der Waals surface area contributed by atoms with Crippen LogP contribution in [0.4, 0.5) is 0 Å². The molecule has 0 bridgehead atoms. The Morgan fingerprint density at radius 3 is 2.33 bits per heavy atom. The fraction of sp³-hybridized carbons (Fsp3) is 0.750. The third-order valence-electron chi connectivity index (χ3n) is 2.32. The third kappa shape index (κ3) is 1.57. The molecule has 0 amide bonds. The van der Waals surface area contributed by atoms with Crippen molar-refractivity contribution in [3.05, 3.63) is 0 Å². The molecule has 0 aromatic carbocycles. The van der Waals surface area contributed by atoms with Crippen LogP contribution in [0.1, 0.15) is 26.2 Å². The van der Waals surface area contributed by atoms with E-state index in [1.54, 1.807) is 0 Å². The number of carboxylic acid groups (broad SMARTS) is 1. The van der Waals surface area contributed by atoms with Gasteiger partial charge in [-0.25, -0.2) is 0 Å². The third-order valence-corrected chi connectivity index (χ3v) is 2.32. The molecule has 0 aliphatic heterocycles. The van der Waals surface area contributed by atoms with Gasteiger partial charge in [0.05, 0.1) is 0 Å². The highest BCUT2D eigenvalue weighted by atomic mass is 16.5. The van der Waals surface area contributed by atoms with E-state index in [4.69, 9.17) is 9.84 Å². The molecule has 0 spiro atoms. The SMILES string of the molecule is CC(=O)OCC1(C(=O)O)CCC1. The second-order valence-electron chi connectivity index (χ2n) is 3.22. The summed E-state index contributed by atoms with van der Waals surface area (Å²) in [5, 5.41) is 8.81. The van der Waals surface area contributed by atoms with Gasteiger partial charge in [-0.2, -0.15) is 0 Å². The summed E-state index contributed by atoms with van der Waals surface area (Å²) in [5.74, 6) is -1.27. The summed E-state index contributed by atoms with van der Waals surface area (Å²) in [6.07, 6.45) is 2.15. The molecular formula is C8H12O4. The Hall–Kier alpha value is -1.06. The molecule has 1 rings (SSSR count). The van der Waals surface area contributed by atoms with Crippen LogP contribution >= 0.6 is 0 Å². The number of ether oxygens (including phenoxy) is 1. The van der Waals surface area contributed by atoms with E-state index in [1.165, 1.54) is 6.92 Å². The number of esters is 1. The highest BCUT2D eigenvalue weighted by molar-refractivity contribution is 5.76. The lowest BCUT2D eigenvalue weighted by atomic mass is 9.69. The van der Waals surface area contributed by atoms with Crippen LogP contribution < -0.4 is 0 Å². The zero-order valence-electron chi connectivity index (χ0n) is 7.00. The molecule has 1 saturated carbocycles. The quantitative estimate of drug-likeness (QED) is 0.639. The first kappa shape index (κ1) is 9.03. The molecule has 0 saturated heterocycles. The highest BCUT2D eigenvalue weighted by Gasteiger charge is 2.45. The number of aliphatic carboxylic acids is 1. The van der Waals surface area contributed by atoms with Crippen molar-refractivity contribution < 1.29 is 19.4 Å². The van der Waals surface area contributed by atoms with E-state index >= 15 is 0 Å². The molecule has 1 aliphatic carbocycles. The van der Waals surface area contributed by atoms with Gasteiger partial charge in [-0.15, -0.1) is 0 Å². The van der Waals surface area contributed by atoms with Gasteiger partial charge in [0.2, 0.25) is 0 Å². The van der Waals surface area contributed by atoms with Crippen LogP contribution in [0, 0.1) is 5.41 Å². The van der Waals surface area contributed by atoms with Gasteiger partial charge in [-0.05, 0) is 12.8 Å².